The van der Waals surface area contributed by atoms with E-state index in [-0.39, 0.29) is 28.9 Å². The Balaban J connectivity index is 1.52. The van der Waals surface area contributed by atoms with Gasteiger partial charge in [-0.1, -0.05) is 6.07 Å². The van der Waals surface area contributed by atoms with Crippen molar-refractivity contribution in [3.63, 3.8) is 0 Å². The van der Waals surface area contributed by atoms with E-state index in [0.29, 0.717) is 5.69 Å². The molecule has 1 N–H and O–H groups in total. The summed E-state index contributed by atoms with van der Waals surface area (Å²) < 4.78 is 40.0. The van der Waals surface area contributed by atoms with Gasteiger partial charge in [0.2, 0.25) is 10.0 Å². The maximum Gasteiger partial charge on any atom is 0.338 e. The van der Waals surface area contributed by atoms with Crippen molar-refractivity contribution in [2.75, 3.05) is 7.11 Å². The fourth-order valence-corrected chi connectivity index (χ4v) is 4.28. The van der Waals surface area contributed by atoms with Crippen molar-refractivity contribution in [1.29, 1.82) is 0 Å². The second-order valence-corrected chi connectivity index (χ2v) is 8.22. The first-order valence-corrected chi connectivity index (χ1v) is 10.2. The van der Waals surface area contributed by atoms with Gasteiger partial charge < -0.3 is 13.9 Å². The number of imidazole rings is 1. The number of ether oxygens (including phenoxy) is 2. The average Bonchev–Trinajstić information content (AvgIpc) is 3.39. The number of carbonyl (C=O) groups is 1. The maximum absolute atomic E-state index is 12.6. The number of nitrogens with one attached hydrogen (secondary N) is 1. The van der Waals surface area contributed by atoms with Crippen LogP contribution in [0, 0.1) is 0 Å². The number of rotatable bonds is 7. The smallest absolute Gasteiger partial charge is 0.338 e. The number of aromatic nitrogens is 2. The maximum atomic E-state index is 12.6. The van der Waals surface area contributed by atoms with Crippen LogP contribution in [0.15, 0.2) is 53.7 Å². The minimum atomic E-state index is -3.78. The zero-order valence-corrected chi connectivity index (χ0v) is 16.0. The molecule has 0 atom stereocenters. The highest BCUT2D eigenvalue weighted by atomic mass is 32.2. The Morgan fingerprint density at radius 3 is 2.82 bits per heavy atom. The molecule has 1 saturated carbocycles. The molecule has 2 heterocycles. The van der Waals surface area contributed by atoms with Crippen LogP contribution in [0.5, 0.6) is 5.75 Å². The van der Waals surface area contributed by atoms with Crippen LogP contribution >= 0.6 is 0 Å². The van der Waals surface area contributed by atoms with E-state index in [1.54, 1.807) is 6.20 Å². The Morgan fingerprint density at radius 2 is 2.11 bits per heavy atom. The molecule has 0 aliphatic heterocycles. The number of methoxy groups -OCH3 is 1. The Bertz CT molecular complexity index is 1100. The molecule has 0 radical (unpaired) electrons. The molecule has 9 heteroatoms. The Kier molecular flexibility index (Phi) is 4.78. The second kappa shape index (κ2) is 7.25. The fraction of sp³-hybridized carbons (Fsp3) is 0.263. The van der Waals surface area contributed by atoms with E-state index in [4.69, 9.17) is 9.47 Å². The van der Waals surface area contributed by atoms with Crippen molar-refractivity contribution in [2.24, 2.45) is 0 Å². The molecule has 1 aliphatic rings. The molecule has 2 aromatic heterocycles. The van der Waals surface area contributed by atoms with Gasteiger partial charge in [-0.25, -0.2) is 22.9 Å². The summed E-state index contributed by atoms with van der Waals surface area (Å²) in [6.45, 7) is -0.0189. The summed E-state index contributed by atoms with van der Waals surface area (Å²) in [5, 5.41) is 0. The number of pyridine rings is 1. The molecule has 8 nitrogen and oxygen atoms in total. The molecule has 4 rings (SSSR count). The van der Waals surface area contributed by atoms with Gasteiger partial charge in [-0.3, -0.25) is 0 Å². The van der Waals surface area contributed by atoms with Crippen molar-refractivity contribution >= 4 is 21.6 Å². The molecular weight excluding hydrogens is 382 g/mol. The molecule has 3 aromatic rings. The lowest BCUT2D eigenvalue weighted by Gasteiger charge is -2.12. The van der Waals surface area contributed by atoms with Crippen LogP contribution in [0.3, 0.4) is 0 Å². The average molecular weight is 401 g/mol. The molecule has 0 unspecified atom stereocenters. The van der Waals surface area contributed by atoms with Crippen LogP contribution in [0.1, 0.15) is 28.9 Å². The lowest BCUT2D eigenvalue weighted by molar-refractivity contribution is 0.0468. The first-order valence-electron chi connectivity index (χ1n) is 8.76. The van der Waals surface area contributed by atoms with Crippen LogP contribution in [0.25, 0.3) is 5.65 Å². The zero-order chi connectivity index (χ0) is 19.7. The number of carbonyl (C=O) groups excluding carboxylic acids is 1. The number of benzene rings is 1. The zero-order valence-electron chi connectivity index (χ0n) is 15.2. The number of esters is 1. The summed E-state index contributed by atoms with van der Waals surface area (Å²) in [6.07, 6.45) is 5.23. The van der Waals surface area contributed by atoms with E-state index in [1.165, 1.54) is 25.3 Å². The van der Waals surface area contributed by atoms with E-state index in [0.717, 1.165) is 18.5 Å². The molecule has 1 fully saturated rings. The largest absolute Gasteiger partial charge is 0.495 e. The van der Waals surface area contributed by atoms with E-state index in [9.17, 15) is 13.2 Å². The van der Waals surface area contributed by atoms with Gasteiger partial charge in [0.15, 0.2) is 0 Å². The van der Waals surface area contributed by atoms with E-state index >= 15 is 0 Å². The standard InChI is InChI=1S/C19H19N3O5S/c1-26-16-8-5-13(10-17(16)28(24,25)21-14-6-7-14)19(23)27-12-15-11-22-9-3-2-4-18(22)20-15/h2-5,8-11,14,21H,6-7,12H2,1H3. The first-order chi connectivity index (χ1) is 13.5. The molecular formula is C19H19N3O5S. The van der Waals surface area contributed by atoms with Crippen molar-refractivity contribution in [1.82, 2.24) is 14.1 Å². The number of sulfonamides is 1. The minimum Gasteiger partial charge on any atom is -0.495 e. The summed E-state index contributed by atoms with van der Waals surface area (Å²) in [5.41, 5.74) is 1.47. The van der Waals surface area contributed by atoms with E-state index < -0.39 is 16.0 Å². The molecule has 146 valence electrons. The van der Waals surface area contributed by atoms with E-state index in [2.05, 4.69) is 9.71 Å². The Hall–Kier alpha value is -2.91. The summed E-state index contributed by atoms with van der Waals surface area (Å²) >= 11 is 0. The Labute approximate surface area is 162 Å². The van der Waals surface area contributed by atoms with Crippen LogP contribution in [-0.2, 0) is 21.4 Å². The van der Waals surface area contributed by atoms with Crippen LogP contribution in [0.4, 0.5) is 0 Å². The van der Waals surface area contributed by atoms with Crippen molar-refractivity contribution in [2.45, 2.75) is 30.4 Å². The van der Waals surface area contributed by atoms with Gasteiger partial charge in [-0.2, -0.15) is 0 Å². The summed E-state index contributed by atoms with van der Waals surface area (Å²) in [7, 11) is -2.40. The van der Waals surface area contributed by atoms with Crippen LogP contribution in [0.2, 0.25) is 0 Å². The van der Waals surface area contributed by atoms with Crippen molar-refractivity contribution in [3.05, 3.63) is 60.0 Å². The van der Waals surface area contributed by atoms with Crippen molar-refractivity contribution in [3.8, 4) is 5.75 Å². The molecule has 0 amide bonds. The van der Waals surface area contributed by atoms with Gasteiger partial charge >= 0.3 is 5.97 Å². The van der Waals surface area contributed by atoms with E-state index in [1.807, 2.05) is 28.8 Å². The van der Waals surface area contributed by atoms with Gasteiger partial charge in [0.25, 0.3) is 0 Å². The number of hydrogen-bond acceptors (Lipinski definition) is 6. The van der Waals surface area contributed by atoms with Crippen molar-refractivity contribution < 1.29 is 22.7 Å². The monoisotopic (exact) mass is 401 g/mol. The highest BCUT2D eigenvalue weighted by Gasteiger charge is 2.30. The quantitative estimate of drug-likeness (QED) is 0.609. The minimum absolute atomic E-state index is 0.0189. The van der Waals surface area contributed by atoms with Crippen LogP contribution in [-0.4, -0.2) is 36.9 Å². The SMILES string of the molecule is COc1ccc(C(=O)OCc2cn3ccccc3n2)cc1S(=O)(=O)NC1CC1. The Morgan fingerprint density at radius 1 is 1.29 bits per heavy atom. The topological polar surface area (TPSA) is 99.0 Å². The number of fused-ring (bicyclic) bond motifs is 1. The van der Waals surface area contributed by atoms with Crippen LogP contribution < -0.4 is 9.46 Å². The third-order valence-corrected chi connectivity index (χ3v) is 5.89. The highest BCUT2D eigenvalue weighted by Crippen LogP contribution is 2.28. The molecule has 0 spiro atoms. The molecule has 0 bridgehead atoms. The predicted octanol–water partition coefficient (Wildman–Crippen LogP) is 2.14. The molecule has 0 saturated heterocycles. The summed E-state index contributed by atoms with van der Waals surface area (Å²) in [4.78, 5) is 16.7. The van der Waals surface area contributed by atoms with Gasteiger partial charge in [-0.05, 0) is 43.2 Å². The molecule has 28 heavy (non-hydrogen) atoms. The van der Waals surface area contributed by atoms with Gasteiger partial charge in [0.1, 0.15) is 22.9 Å². The molecule has 1 aliphatic carbocycles. The summed E-state index contributed by atoms with van der Waals surface area (Å²) in [6, 6.07) is 9.73. The normalized spacial score (nSPS) is 14.2. The molecule has 1 aromatic carbocycles. The lowest BCUT2D eigenvalue weighted by Crippen LogP contribution is -2.26. The van der Waals surface area contributed by atoms with Gasteiger partial charge in [0, 0.05) is 18.4 Å². The summed E-state index contributed by atoms with van der Waals surface area (Å²) in [5.74, 6) is -0.465. The third-order valence-electron chi connectivity index (χ3n) is 4.35. The fourth-order valence-electron chi connectivity index (χ4n) is 2.78. The lowest BCUT2D eigenvalue weighted by atomic mass is 10.2. The number of hydrogen-bond donors (Lipinski definition) is 1. The number of nitrogens with zero attached hydrogens (tertiary/aromatic N) is 2. The third kappa shape index (κ3) is 3.85. The van der Waals surface area contributed by atoms with Gasteiger partial charge in [-0.15, -0.1) is 0 Å². The predicted molar refractivity (Wildman–Crippen MR) is 101 cm³/mol. The highest BCUT2D eigenvalue weighted by molar-refractivity contribution is 7.89. The van der Waals surface area contributed by atoms with Gasteiger partial charge in [0.05, 0.1) is 18.4 Å². The first kappa shape index (κ1) is 18.5. The second-order valence-electron chi connectivity index (χ2n) is 6.54.